The molecule has 0 saturated carbocycles. The summed E-state index contributed by atoms with van der Waals surface area (Å²) in [6.45, 7) is 0. The summed E-state index contributed by atoms with van der Waals surface area (Å²) >= 11 is 6.05. The van der Waals surface area contributed by atoms with Gasteiger partial charge in [0, 0.05) is 17.3 Å². The van der Waals surface area contributed by atoms with E-state index in [-0.39, 0.29) is 5.56 Å². The average molecular weight is 276 g/mol. The van der Waals surface area contributed by atoms with E-state index in [4.69, 9.17) is 16.3 Å². The smallest absolute Gasteiger partial charge is 0.260 e. The molecule has 0 unspecified atom stereocenters. The molecule has 0 atom stereocenters. The molecular weight excluding hydrogens is 266 g/mol. The van der Waals surface area contributed by atoms with Crippen molar-refractivity contribution in [3.63, 3.8) is 0 Å². The molecule has 0 amide bonds. The van der Waals surface area contributed by atoms with E-state index in [9.17, 15) is 4.79 Å². The summed E-state index contributed by atoms with van der Waals surface area (Å²) in [5, 5.41) is 1.09. The third kappa shape index (κ3) is 1.98. The first-order chi connectivity index (χ1) is 9.19. The van der Waals surface area contributed by atoms with E-state index < -0.39 is 0 Å². The number of hydrogen-bond donors (Lipinski definition) is 1. The Labute approximate surface area is 113 Å². The van der Waals surface area contributed by atoms with Crippen molar-refractivity contribution in [1.29, 1.82) is 0 Å². The van der Waals surface area contributed by atoms with Gasteiger partial charge in [0.15, 0.2) is 5.65 Å². The highest BCUT2D eigenvalue weighted by Crippen LogP contribution is 2.25. The minimum atomic E-state index is -0.169. The van der Waals surface area contributed by atoms with Gasteiger partial charge in [0.25, 0.3) is 5.56 Å². The second-order valence-corrected chi connectivity index (χ2v) is 4.44. The number of halogens is 1. The molecule has 0 bridgehead atoms. The molecule has 1 N–H and O–H groups in total. The van der Waals surface area contributed by atoms with Crippen molar-refractivity contribution in [2.75, 3.05) is 7.11 Å². The largest absolute Gasteiger partial charge is 0.497 e. The van der Waals surface area contributed by atoms with Gasteiger partial charge in [-0.15, -0.1) is 0 Å². The summed E-state index contributed by atoms with van der Waals surface area (Å²) in [5.74, 6) is 0.647. The number of nitrogens with zero attached hydrogens (tertiary/aromatic N) is 2. The van der Waals surface area contributed by atoms with Crippen molar-refractivity contribution in [1.82, 2.24) is 14.5 Å². The predicted octanol–water partition coefficient (Wildman–Crippen LogP) is 2.38. The van der Waals surface area contributed by atoms with Crippen LogP contribution in [0, 0.1) is 0 Å². The maximum absolute atomic E-state index is 11.7. The summed E-state index contributed by atoms with van der Waals surface area (Å²) in [6, 6.07) is 7.05. The Kier molecular flexibility index (Phi) is 2.76. The number of rotatable bonds is 2. The summed E-state index contributed by atoms with van der Waals surface area (Å²) < 4.78 is 6.97. The zero-order chi connectivity index (χ0) is 13.4. The molecule has 2 aromatic heterocycles. The molecule has 5 nitrogen and oxygen atoms in total. The van der Waals surface area contributed by atoms with Gasteiger partial charge >= 0.3 is 0 Å². The fourth-order valence-electron chi connectivity index (χ4n) is 1.98. The second kappa shape index (κ2) is 4.44. The number of ether oxygens (including phenoxy) is 1. The zero-order valence-electron chi connectivity index (χ0n) is 10.1. The van der Waals surface area contributed by atoms with Crippen LogP contribution >= 0.6 is 11.6 Å². The number of H-pyrrole nitrogens is 1. The number of aromatic amines is 1. The Hall–Kier alpha value is -2.27. The Morgan fingerprint density at radius 1 is 1.37 bits per heavy atom. The lowest BCUT2D eigenvalue weighted by molar-refractivity contribution is 0.414. The molecule has 0 radical (unpaired) electrons. The average Bonchev–Trinajstić information content (AvgIpc) is 2.83. The van der Waals surface area contributed by atoms with E-state index in [1.54, 1.807) is 36.1 Å². The van der Waals surface area contributed by atoms with Crippen LogP contribution in [-0.4, -0.2) is 21.6 Å². The second-order valence-electron chi connectivity index (χ2n) is 4.00. The van der Waals surface area contributed by atoms with Gasteiger partial charge in [-0.05, 0) is 18.2 Å². The van der Waals surface area contributed by atoms with E-state index >= 15 is 0 Å². The monoisotopic (exact) mass is 275 g/mol. The molecule has 0 aliphatic heterocycles. The number of hydrogen-bond acceptors (Lipinski definition) is 3. The van der Waals surface area contributed by atoms with Crippen LogP contribution < -0.4 is 10.3 Å². The normalized spacial score (nSPS) is 10.8. The highest BCUT2D eigenvalue weighted by Gasteiger charge is 2.08. The fraction of sp³-hybridized carbons (Fsp3) is 0.0769. The summed E-state index contributed by atoms with van der Waals surface area (Å²) in [6.07, 6.45) is 3.15. The van der Waals surface area contributed by atoms with Gasteiger partial charge in [-0.3, -0.25) is 4.79 Å². The summed E-state index contributed by atoms with van der Waals surface area (Å²) in [7, 11) is 1.58. The van der Waals surface area contributed by atoms with Gasteiger partial charge in [0.2, 0.25) is 0 Å². The first-order valence-electron chi connectivity index (χ1n) is 5.59. The molecule has 1 aromatic carbocycles. The minimum absolute atomic E-state index is 0.169. The standard InChI is InChI=1S/C13H10ClN3O2/c1-19-10-5-8(14)4-9(6-10)17-3-2-11-12(17)15-7-16-13(11)18/h2-7H,1H3,(H,15,16,18). The maximum Gasteiger partial charge on any atom is 0.260 e. The van der Waals surface area contributed by atoms with Crippen LogP contribution in [0.5, 0.6) is 5.75 Å². The number of benzene rings is 1. The molecule has 0 aliphatic carbocycles. The van der Waals surface area contributed by atoms with Crippen molar-refractivity contribution in [2.24, 2.45) is 0 Å². The lowest BCUT2D eigenvalue weighted by atomic mass is 10.3. The SMILES string of the molecule is COc1cc(Cl)cc(-n2ccc3c(=O)[nH]cnc32)c1. The van der Waals surface area contributed by atoms with E-state index in [0.29, 0.717) is 21.8 Å². The zero-order valence-corrected chi connectivity index (χ0v) is 10.8. The molecule has 0 spiro atoms. The molecule has 3 aromatic rings. The van der Waals surface area contributed by atoms with E-state index in [0.717, 1.165) is 5.69 Å². The fourth-order valence-corrected chi connectivity index (χ4v) is 2.20. The van der Waals surface area contributed by atoms with Gasteiger partial charge < -0.3 is 14.3 Å². The quantitative estimate of drug-likeness (QED) is 0.781. The Morgan fingerprint density at radius 3 is 3.00 bits per heavy atom. The van der Waals surface area contributed by atoms with Gasteiger partial charge in [-0.2, -0.15) is 0 Å². The molecule has 96 valence electrons. The van der Waals surface area contributed by atoms with Crippen LogP contribution in [0.25, 0.3) is 16.7 Å². The van der Waals surface area contributed by atoms with Crippen LogP contribution in [0.15, 0.2) is 41.6 Å². The van der Waals surface area contributed by atoms with Crippen LogP contribution in [0.1, 0.15) is 0 Å². The van der Waals surface area contributed by atoms with Crippen molar-refractivity contribution in [3.8, 4) is 11.4 Å². The molecule has 3 rings (SSSR count). The number of nitrogens with one attached hydrogen (secondary N) is 1. The van der Waals surface area contributed by atoms with Crippen LogP contribution in [0.4, 0.5) is 0 Å². The Morgan fingerprint density at radius 2 is 2.21 bits per heavy atom. The van der Waals surface area contributed by atoms with Crippen LogP contribution in [-0.2, 0) is 0 Å². The lowest BCUT2D eigenvalue weighted by Gasteiger charge is -2.07. The number of aromatic nitrogens is 3. The van der Waals surface area contributed by atoms with E-state index in [2.05, 4.69) is 9.97 Å². The topological polar surface area (TPSA) is 59.9 Å². The van der Waals surface area contributed by atoms with Crippen molar-refractivity contribution in [3.05, 3.63) is 52.2 Å². The van der Waals surface area contributed by atoms with Crippen LogP contribution in [0.3, 0.4) is 0 Å². The highest BCUT2D eigenvalue weighted by atomic mass is 35.5. The number of fused-ring (bicyclic) bond motifs is 1. The van der Waals surface area contributed by atoms with Crippen molar-refractivity contribution >= 4 is 22.6 Å². The maximum atomic E-state index is 11.7. The molecule has 19 heavy (non-hydrogen) atoms. The summed E-state index contributed by atoms with van der Waals surface area (Å²) in [5.41, 5.74) is 1.20. The molecule has 0 saturated heterocycles. The third-order valence-corrected chi connectivity index (χ3v) is 3.07. The van der Waals surface area contributed by atoms with Gasteiger partial charge in [0.1, 0.15) is 5.75 Å². The van der Waals surface area contributed by atoms with Gasteiger partial charge in [-0.25, -0.2) is 4.98 Å². The minimum Gasteiger partial charge on any atom is -0.497 e. The third-order valence-electron chi connectivity index (χ3n) is 2.86. The summed E-state index contributed by atoms with van der Waals surface area (Å²) in [4.78, 5) is 18.4. The molecule has 2 heterocycles. The molecule has 6 heteroatoms. The molecular formula is C13H10ClN3O2. The Balaban J connectivity index is 2.27. The van der Waals surface area contributed by atoms with Crippen molar-refractivity contribution in [2.45, 2.75) is 0 Å². The highest BCUT2D eigenvalue weighted by molar-refractivity contribution is 6.30. The van der Waals surface area contributed by atoms with E-state index in [1.807, 2.05) is 6.07 Å². The van der Waals surface area contributed by atoms with Gasteiger partial charge in [-0.1, -0.05) is 11.6 Å². The van der Waals surface area contributed by atoms with Crippen LogP contribution in [0.2, 0.25) is 5.02 Å². The Bertz CT molecular complexity index is 807. The first kappa shape index (κ1) is 11.8. The molecule has 0 fully saturated rings. The van der Waals surface area contributed by atoms with Crippen molar-refractivity contribution < 1.29 is 4.74 Å². The number of methoxy groups -OCH3 is 1. The molecule has 0 aliphatic rings. The van der Waals surface area contributed by atoms with E-state index in [1.165, 1.54) is 6.33 Å². The van der Waals surface area contributed by atoms with Gasteiger partial charge in [0.05, 0.1) is 24.5 Å². The lowest BCUT2D eigenvalue weighted by Crippen LogP contribution is -2.06. The predicted molar refractivity (Wildman–Crippen MR) is 73.3 cm³/mol. The first-order valence-corrected chi connectivity index (χ1v) is 5.96.